The maximum absolute atomic E-state index is 12.6. The molecule has 1 aliphatic rings. The summed E-state index contributed by atoms with van der Waals surface area (Å²) in [4.78, 5) is 20.2. The summed E-state index contributed by atoms with van der Waals surface area (Å²) in [5, 5.41) is 11.0. The number of carbonyl (C=O) groups excluding carboxylic acids is 1. The molecule has 0 saturated carbocycles. The minimum Gasteiger partial charge on any atom is -0.458 e. The number of benzene rings is 1. The van der Waals surface area contributed by atoms with Crippen LogP contribution in [0.1, 0.15) is 46.8 Å². The molecule has 5 nitrogen and oxygen atoms in total. The molecule has 1 unspecified atom stereocenters. The van der Waals surface area contributed by atoms with Crippen molar-refractivity contribution < 1.29 is 14.6 Å². The number of hydrogen-bond acceptors (Lipinski definition) is 6. The first kappa shape index (κ1) is 18.6. The summed E-state index contributed by atoms with van der Waals surface area (Å²) < 4.78 is 5.37. The average Bonchev–Trinajstić information content (AvgIpc) is 3.07. The van der Waals surface area contributed by atoms with Gasteiger partial charge in [0.25, 0.3) is 0 Å². The summed E-state index contributed by atoms with van der Waals surface area (Å²) in [5.74, 6) is -0.365. The fourth-order valence-electron chi connectivity index (χ4n) is 2.98. The highest BCUT2D eigenvalue weighted by Gasteiger charge is 2.25. The van der Waals surface area contributed by atoms with Gasteiger partial charge in [0.2, 0.25) is 0 Å². The van der Waals surface area contributed by atoms with Gasteiger partial charge in [-0.25, -0.2) is 9.78 Å². The number of aliphatic hydroxyl groups is 1. The normalized spacial score (nSPS) is 16.5. The Morgan fingerprint density at radius 2 is 2.27 bits per heavy atom. The molecule has 0 radical (unpaired) electrons. The van der Waals surface area contributed by atoms with Gasteiger partial charge >= 0.3 is 5.97 Å². The van der Waals surface area contributed by atoms with Crippen molar-refractivity contribution in [3.8, 4) is 10.6 Å². The van der Waals surface area contributed by atoms with Crippen LogP contribution in [-0.2, 0) is 11.2 Å². The van der Waals surface area contributed by atoms with Crippen LogP contribution in [0.3, 0.4) is 0 Å². The molecular weight excluding hydrogens is 348 g/mol. The average molecular weight is 372 g/mol. The summed E-state index contributed by atoms with van der Waals surface area (Å²) in [6.45, 7) is 2.13. The molecule has 0 bridgehead atoms. The van der Waals surface area contributed by atoms with E-state index in [1.54, 1.807) is 6.08 Å². The third-order valence-corrected chi connectivity index (χ3v) is 5.67. The van der Waals surface area contributed by atoms with Gasteiger partial charge in [-0.05, 0) is 44.4 Å². The van der Waals surface area contributed by atoms with Crippen molar-refractivity contribution in [1.82, 2.24) is 4.98 Å². The number of fused-ring (bicyclic) bond motifs is 1. The number of carbonyl (C=O) groups is 1. The Labute approximate surface area is 157 Å². The van der Waals surface area contributed by atoms with E-state index in [4.69, 9.17) is 9.72 Å². The zero-order valence-electron chi connectivity index (χ0n) is 15.4. The zero-order valence-corrected chi connectivity index (χ0v) is 16.2. The predicted molar refractivity (Wildman–Crippen MR) is 105 cm³/mol. The fourth-order valence-corrected chi connectivity index (χ4v) is 4.15. The lowest BCUT2D eigenvalue weighted by Gasteiger charge is -2.15. The van der Waals surface area contributed by atoms with Crippen LogP contribution in [0.25, 0.3) is 10.6 Å². The van der Waals surface area contributed by atoms with Crippen molar-refractivity contribution in [3.63, 3.8) is 0 Å². The highest BCUT2D eigenvalue weighted by Crippen LogP contribution is 2.39. The predicted octanol–water partition coefficient (Wildman–Crippen LogP) is 3.98. The molecule has 0 amide bonds. The number of hydrogen-bond donors (Lipinski definition) is 1. The number of aryl methyl sites for hydroxylation is 1. The van der Waals surface area contributed by atoms with E-state index >= 15 is 0 Å². The van der Waals surface area contributed by atoms with Gasteiger partial charge in [0.1, 0.15) is 11.6 Å². The second-order valence-corrected chi connectivity index (χ2v) is 7.56. The maximum atomic E-state index is 12.6. The van der Waals surface area contributed by atoms with Crippen LogP contribution in [0.5, 0.6) is 0 Å². The van der Waals surface area contributed by atoms with Crippen molar-refractivity contribution in [2.24, 2.45) is 0 Å². The topological polar surface area (TPSA) is 62.7 Å². The van der Waals surface area contributed by atoms with Crippen molar-refractivity contribution in [1.29, 1.82) is 0 Å². The van der Waals surface area contributed by atoms with Gasteiger partial charge in [-0.15, -0.1) is 11.3 Å². The van der Waals surface area contributed by atoms with Crippen molar-refractivity contribution in [3.05, 3.63) is 46.5 Å². The van der Waals surface area contributed by atoms with Gasteiger partial charge < -0.3 is 14.7 Å². The first-order valence-corrected chi connectivity index (χ1v) is 9.60. The van der Waals surface area contributed by atoms with Gasteiger partial charge in [-0.3, -0.25) is 0 Å². The molecule has 1 aliphatic carbocycles. The number of ether oxygens (including phenoxy) is 1. The minimum atomic E-state index is -0.448. The smallest absolute Gasteiger partial charge is 0.339 e. The van der Waals surface area contributed by atoms with Crippen molar-refractivity contribution in [2.75, 3.05) is 25.6 Å². The maximum Gasteiger partial charge on any atom is 0.339 e. The van der Waals surface area contributed by atoms with Crippen LogP contribution in [0.4, 0.5) is 5.69 Å². The lowest BCUT2D eigenvalue weighted by atomic mass is 10.0. The van der Waals surface area contributed by atoms with Crippen molar-refractivity contribution in [2.45, 2.75) is 32.3 Å². The van der Waals surface area contributed by atoms with Gasteiger partial charge in [-0.1, -0.05) is 12.2 Å². The van der Waals surface area contributed by atoms with Gasteiger partial charge in [0.05, 0.1) is 22.2 Å². The lowest BCUT2D eigenvalue weighted by Crippen LogP contribution is -2.12. The molecular formula is C20H24N2O3S. The fraction of sp³-hybridized carbons (Fsp3) is 0.400. The van der Waals surface area contributed by atoms with E-state index in [1.165, 1.54) is 11.3 Å². The van der Waals surface area contributed by atoms with Crippen LogP contribution >= 0.6 is 11.3 Å². The standard InChI is InChI=1S/C20H24N2O3S/c1-4-5-11-25-20(24)15-12-13(22(2)3)9-10-14(15)19-21-16-7-6-8-17(23)18(16)26-19/h4-5,9-10,12,17,23H,6-8,11H2,1-3H3/b5-4+. The van der Waals surface area contributed by atoms with E-state index in [0.29, 0.717) is 5.56 Å². The zero-order chi connectivity index (χ0) is 18.7. The van der Waals surface area contributed by atoms with Crippen LogP contribution in [0.2, 0.25) is 0 Å². The molecule has 0 spiro atoms. The Bertz CT molecular complexity index is 826. The monoisotopic (exact) mass is 372 g/mol. The van der Waals surface area contributed by atoms with E-state index in [0.717, 1.165) is 46.1 Å². The van der Waals surface area contributed by atoms with Crippen LogP contribution in [0, 0.1) is 0 Å². The molecule has 0 aliphatic heterocycles. The first-order valence-electron chi connectivity index (χ1n) is 8.79. The second kappa shape index (κ2) is 8.01. The Hall–Kier alpha value is -2.18. The first-order chi connectivity index (χ1) is 12.5. The molecule has 1 atom stereocenters. The number of nitrogens with zero attached hydrogens (tertiary/aromatic N) is 2. The highest BCUT2D eigenvalue weighted by molar-refractivity contribution is 7.15. The molecule has 1 heterocycles. The largest absolute Gasteiger partial charge is 0.458 e. The molecule has 1 aromatic heterocycles. The molecule has 0 saturated heterocycles. The van der Waals surface area contributed by atoms with E-state index in [9.17, 15) is 9.90 Å². The van der Waals surface area contributed by atoms with Crippen LogP contribution < -0.4 is 4.90 Å². The van der Waals surface area contributed by atoms with Gasteiger partial charge in [-0.2, -0.15) is 0 Å². The number of thiazole rings is 1. The van der Waals surface area contributed by atoms with Crippen LogP contribution in [0.15, 0.2) is 30.4 Å². The summed E-state index contributed by atoms with van der Waals surface area (Å²) in [6.07, 6.45) is 5.78. The van der Waals surface area contributed by atoms with E-state index in [-0.39, 0.29) is 12.6 Å². The Balaban J connectivity index is 2.01. The van der Waals surface area contributed by atoms with Gasteiger partial charge in [0, 0.05) is 25.3 Å². The minimum absolute atomic E-state index is 0.244. The third-order valence-electron chi connectivity index (χ3n) is 4.44. The summed E-state index contributed by atoms with van der Waals surface area (Å²) in [7, 11) is 3.87. The van der Waals surface area contributed by atoms with Crippen molar-refractivity contribution >= 4 is 23.0 Å². The molecule has 3 rings (SSSR count). The van der Waals surface area contributed by atoms with E-state index in [1.807, 2.05) is 50.2 Å². The number of esters is 1. The lowest BCUT2D eigenvalue weighted by molar-refractivity contribution is 0.0550. The number of aliphatic hydroxyl groups excluding tert-OH is 1. The van der Waals surface area contributed by atoms with Gasteiger partial charge in [0.15, 0.2) is 0 Å². The number of rotatable bonds is 5. The number of anilines is 1. The van der Waals surface area contributed by atoms with E-state index in [2.05, 4.69) is 0 Å². The second-order valence-electron chi connectivity index (χ2n) is 6.53. The molecule has 26 heavy (non-hydrogen) atoms. The number of allylic oxidation sites excluding steroid dienone is 1. The molecule has 1 N–H and O–H groups in total. The van der Waals surface area contributed by atoms with Crippen LogP contribution in [-0.4, -0.2) is 36.8 Å². The molecule has 1 aromatic carbocycles. The quantitative estimate of drug-likeness (QED) is 0.635. The summed E-state index contributed by atoms with van der Waals surface area (Å²) in [6, 6.07) is 5.72. The molecule has 0 fully saturated rings. The number of aromatic nitrogens is 1. The Kier molecular flexibility index (Phi) is 5.74. The molecule has 6 heteroatoms. The molecule has 138 valence electrons. The molecule has 2 aromatic rings. The van der Waals surface area contributed by atoms with E-state index < -0.39 is 6.10 Å². The third kappa shape index (κ3) is 3.81. The summed E-state index contributed by atoms with van der Waals surface area (Å²) in [5.41, 5.74) is 3.13. The SMILES string of the molecule is C/C=C/COC(=O)c1cc(N(C)C)ccc1-c1nc2c(s1)C(O)CCC2. The Morgan fingerprint density at radius 3 is 2.96 bits per heavy atom. The summed E-state index contributed by atoms with van der Waals surface area (Å²) >= 11 is 1.47. The Morgan fingerprint density at radius 1 is 1.46 bits per heavy atom. The highest BCUT2D eigenvalue weighted by atomic mass is 32.1.